The molecule has 0 aliphatic carbocycles. The Balaban J connectivity index is 2.38. The molecule has 1 aliphatic heterocycles. The Hall–Kier alpha value is -0.750. The normalized spacial score (nSPS) is 24.5. The van der Waals surface area contributed by atoms with Crippen LogP contribution in [0.3, 0.4) is 0 Å². The van der Waals surface area contributed by atoms with Crippen LogP contribution in [0.15, 0.2) is 0 Å². The second kappa shape index (κ2) is 5.37. The summed E-state index contributed by atoms with van der Waals surface area (Å²) in [6.45, 7) is 3.73. The molecule has 0 aromatic carbocycles. The predicted molar refractivity (Wildman–Crippen MR) is 58.6 cm³/mol. The van der Waals surface area contributed by atoms with Gasteiger partial charge >= 0.3 is 0 Å². The molecule has 1 fully saturated rings. The second-order valence-electron chi connectivity index (χ2n) is 3.75. The van der Waals surface area contributed by atoms with Gasteiger partial charge in [-0.3, -0.25) is 9.59 Å². The molecule has 0 bridgehead atoms. The van der Waals surface area contributed by atoms with E-state index in [1.807, 2.05) is 13.8 Å². The van der Waals surface area contributed by atoms with Gasteiger partial charge in [0.25, 0.3) is 5.24 Å². The first-order chi connectivity index (χ1) is 7.04. The van der Waals surface area contributed by atoms with E-state index in [0.717, 1.165) is 11.8 Å². The van der Waals surface area contributed by atoms with Crippen LogP contribution >= 0.6 is 11.8 Å². The van der Waals surface area contributed by atoms with Gasteiger partial charge in [0.15, 0.2) is 0 Å². The van der Waals surface area contributed by atoms with Gasteiger partial charge in [0.1, 0.15) is 6.04 Å². The number of thioether (sulfide) groups is 1. The van der Waals surface area contributed by atoms with Crippen LogP contribution < -0.4 is 10.6 Å². The summed E-state index contributed by atoms with van der Waals surface area (Å²) in [6, 6.07) is -0.527. The Morgan fingerprint density at radius 1 is 1.73 bits per heavy atom. The fourth-order valence-corrected chi connectivity index (χ4v) is 1.93. The molecule has 5 nitrogen and oxygen atoms in total. The highest BCUT2D eigenvalue weighted by Gasteiger charge is 2.29. The van der Waals surface area contributed by atoms with Gasteiger partial charge in [-0.2, -0.15) is 0 Å². The highest BCUT2D eigenvalue weighted by atomic mass is 32.2. The average molecular weight is 232 g/mol. The zero-order chi connectivity index (χ0) is 11.4. The first kappa shape index (κ1) is 12.3. The SMILES string of the molecule is CC(CO)C(C)NC(=O)C1CSC(=O)N1. The third-order valence-electron chi connectivity index (χ3n) is 2.50. The van der Waals surface area contributed by atoms with Crippen molar-refractivity contribution in [1.29, 1.82) is 0 Å². The van der Waals surface area contributed by atoms with Crippen molar-refractivity contribution in [2.24, 2.45) is 5.92 Å². The largest absolute Gasteiger partial charge is 0.396 e. The number of carbonyl (C=O) groups excluding carboxylic acids is 2. The Bertz CT molecular complexity index is 260. The highest BCUT2D eigenvalue weighted by Crippen LogP contribution is 2.13. The van der Waals surface area contributed by atoms with Crippen LogP contribution in [0.25, 0.3) is 0 Å². The van der Waals surface area contributed by atoms with E-state index in [1.54, 1.807) is 0 Å². The van der Waals surface area contributed by atoms with Crippen molar-refractivity contribution in [2.45, 2.75) is 25.9 Å². The van der Waals surface area contributed by atoms with Gasteiger partial charge in [-0.15, -0.1) is 0 Å². The molecule has 0 spiro atoms. The molecule has 1 saturated heterocycles. The predicted octanol–water partition coefficient (Wildman–Crippen LogP) is -0.0555. The molecule has 0 saturated carbocycles. The average Bonchev–Trinajstić information content (AvgIpc) is 2.63. The molecule has 3 atom stereocenters. The first-order valence-electron chi connectivity index (χ1n) is 4.89. The van der Waals surface area contributed by atoms with E-state index in [-0.39, 0.29) is 29.7 Å². The third-order valence-corrected chi connectivity index (χ3v) is 3.38. The number of aliphatic hydroxyl groups excluding tert-OH is 1. The number of hydrogen-bond acceptors (Lipinski definition) is 4. The molecular weight excluding hydrogens is 216 g/mol. The van der Waals surface area contributed by atoms with Gasteiger partial charge in [0, 0.05) is 18.4 Å². The summed E-state index contributed by atoms with van der Waals surface area (Å²) in [6.07, 6.45) is 0. The van der Waals surface area contributed by atoms with Crippen LogP contribution in [-0.4, -0.2) is 40.7 Å². The second-order valence-corrected chi connectivity index (χ2v) is 4.75. The van der Waals surface area contributed by atoms with Gasteiger partial charge in [-0.1, -0.05) is 18.7 Å². The molecule has 2 amide bonds. The minimum atomic E-state index is -0.434. The highest BCUT2D eigenvalue weighted by molar-refractivity contribution is 8.14. The molecule has 1 rings (SSSR count). The zero-order valence-corrected chi connectivity index (χ0v) is 9.63. The van der Waals surface area contributed by atoms with Crippen LogP contribution in [0.4, 0.5) is 4.79 Å². The molecule has 6 heteroatoms. The fraction of sp³-hybridized carbons (Fsp3) is 0.778. The molecule has 86 valence electrons. The lowest BCUT2D eigenvalue weighted by molar-refractivity contribution is -0.123. The smallest absolute Gasteiger partial charge is 0.279 e. The fourth-order valence-electron chi connectivity index (χ4n) is 1.15. The van der Waals surface area contributed by atoms with E-state index in [2.05, 4.69) is 10.6 Å². The lowest BCUT2D eigenvalue weighted by atomic mass is 10.0. The summed E-state index contributed by atoms with van der Waals surface area (Å²) in [4.78, 5) is 22.5. The topological polar surface area (TPSA) is 78.4 Å². The van der Waals surface area contributed by atoms with E-state index in [9.17, 15) is 9.59 Å². The summed E-state index contributed by atoms with van der Waals surface area (Å²) < 4.78 is 0. The van der Waals surface area contributed by atoms with Gasteiger partial charge in [0.05, 0.1) is 0 Å². The Morgan fingerprint density at radius 3 is 2.87 bits per heavy atom. The number of amides is 2. The number of nitrogens with one attached hydrogen (secondary N) is 2. The maximum Gasteiger partial charge on any atom is 0.279 e. The molecule has 0 aromatic rings. The van der Waals surface area contributed by atoms with Gasteiger partial charge < -0.3 is 15.7 Å². The molecule has 1 aliphatic rings. The summed E-state index contributed by atoms with van der Waals surface area (Å²) in [5.41, 5.74) is 0. The van der Waals surface area contributed by atoms with Crippen molar-refractivity contribution in [3.63, 3.8) is 0 Å². The van der Waals surface area contributed by atoms with Crippen LogP contribution in [-0.2, 0) is 4.79 Å². The van der Waals surface area contributed by atoms with Crippen molar-refractivity contribution in [1.82, 2.24) is 10.6 Å². The lowest BCUT2D eigenvalue weighted by Crippen LogP contribution is -2.48. The van der Waals surface area contributed by atoms with Crippen molar-refractivity contribution >= 4 is 22.9 Å². The maximum atomic E-state index is 11.6. The first-order valence-corrected chi connectivity index (χ1v) is 5.87. The van der Waals surface area contributed by atoms with Crippen molar-refractivity contribution in [2.75, 3.05) is 12.4 Å². The Kier molecular flexibility index (Phi) is 4.41. The van der Waals surface area contributed by atoms with Crippen molar-refractivity contribution in [3.05, 3.63) is 0 Å². The quantitative estimate of drug-likeness (QED) is 0.635. The third kappa shape index (κ3) is 3.39. The summed E-state index contributed by atoms with van der Waals surface area (Å²) in [5.74, 6) is 0.310. The molecule has 1 heterocycles. The van der Waals surface area contributed by atoms with Crippen molar-refractivity contribution < 1.29 is 14.7 Å². The van der Waals surface area contributed by atoms with Crippen LogP contribution in [0.2, 0.25) is 0 Å². The molecule has 15 heavy (non-hydrogen) atoms. The zero-order valence-electron chi connectivity index (χ0n) is 8.82. The van der Waals surface area contributed by atoms with E-state index in [1.165, 1.54) is 0 Å². The minimum Gasteiger partial charge on any atom is -0.396 e. The standard InChI is InChI=1S/C9H16N2O3S/c1-5(3-12)6(2)10-8(13)7-4-15-9(14)11-7/h5-7,12H,3-4H2,1-2H3,(H,10,13)(H,11,14). The van der Waals surface area contributed by atoms with Crippen LogP contribution in [0, 0.1) is 5.92 Å². The Labute approximate surface area is 93.0 Å². The number of aliphatic hydroxyl groups is 1. The molecule has 3 N–H and O–H groups in total. The maximum absolute atomic E-state index is 11.6. The van der Waals surface area contributed by atoms with Crippen molar-refractivity contribution in [3.8, 4) is 0 Å². The van der Waals surface area contributed by atoms with Gasteiger partial charge in [0.2, 0.25) is 5.91 Å². The van der Waals surface area contributed by atoms with Gasteiger partial charge in [-0.25, -0.2) is 0 Å². The summed E-state index contributed by atoms with van der Waals surface area (Å²) in [5, 5.41) is 14.1. The minimum absolute atomic E-state index is 0.0127. The van der Waals surface area contributed by atoms with E-state index in [4.69, 9.17) is 5.11 Å². The molecule has 0 aromatic heterocycles. The van der Waals surface area contributed by atoms with Crippen LogP contribution in [0.5, 0.6) is 0 Å². The molecular formula is C9H16N2O3S. The summed E-state index contributed by atoms with van der Waals surface area (Å²) >= 11 is 1.11. The number of rotatable bonds is 4. The van der Waals surface area contributed by atoms with Gasteiger partial charge in [-0.05, 0) is 12.8 Å². The van der Waals surface area contributed by atoms with E-state index in [0.29, 0.717) is 5.75 Å². The number of carbonyl (C=O) groups is 2. The van der Waals surface area contributed by atoms with E-state index >= 15 is 0 Å². The monoisotopic (exact) mass is 232 g/mol. The van der Waals surface area contributed by atoms with E-state index < -0.39 is 6.04 Å². The van der Waals surface area contributed by atoms with Crippen LogP contribution in [0.1, 0.15) is 13.8 Å². The number of hydrogen-bond donors (Lipinski definition) is 3. The lowest BCUT2D eigenvalue weighted by Gasteiger charge is -2.21. The molecule has 0 radical (unpaired) electrons. The molecule has 3 unspecified atom stereocenters. The summed E-state index contributed by atoms with van der Waals surface area (Å²) in [7, 11) is 0. The Morgan fingerprint density at radius 2 is 2.40 bits per heavy atom.